The number of nitrogens with zero attached hydrogens (tertiary/aromatic N) is 9. The van der Waals surface area contributed by atoms with Gasteiger partial charge in [-0.3, -0.25) is 34.7 Å². The Kier molecular flexibility index (Phi) is 22.7. The van der Waals surface area contributed by atoms with Gasteiger partial charge in [-0.2, -0.15) is 9.68 Å². The molecule has 3 aliphatic rings. The third kappa shape index (κ3) is 16.9. The van der Waals surface area contributed by atoms with Crippen molar-refractivity contribution in [2.75, 3.05) is 5.75 Å². The van der Waals surface area contributed by atoms with E-state index in [0.29, 0.717) is 37.1 Å². The summed E-state index contributed by atoms with van der Waals surface area (Å²) in [5.74, 6) is 0.816. The number of urea groups is 1. The van der Waals surface area contributed by atoms with Gasteiger partial charge in [0.1, 0.15) is 27.0 Å². The molecular weight excluding hydrogens is 1130 g/mol. The zero-order chi connectivity index (χ0) is 54.2. The second kappa shape index (κ2) is 27.9. The minimum atomic E-state index is -3.87. The van der Waals surface area contributed by atoms with E-state index in [0.717, 1.165) is 51.8 Å². The first kappa shape index (κ1) is 60.1. The molecule has 1 saturated heterocycles. The van der Waals surface area contributed by atoms with E-state index in [1.165, 1.54) is 95.0 Å². The number of nitrogens with two attached hydrogens (primary N) is 1. The Balaban J connectivity index is 0.000000176. The number of carbonyl (C=O) groups is 2. The van der Waals surface area contributed by atoms with Crippen molar-refractivity contribution >= 4 is 145 Å². The zero-order valence-corrected chi connectivity index (χ0v) is 47.1. The monoisotopic (exact) mass is 1180 g/mol. The maximum Gasteiger partial charge on any atom is 0.357 e. The van der Waals surface area contributed by atoms with Crippen molar-refractivity contribution in [1.29, 1.82) is 5.26 Å². The molecule has 25 heteroatoms. The third-order valence-corrected chi connectivity index (χ3v) is 17.1. The van der Waals surface area contributed by atoms with Crippen LogP contribution in [0.4, 0.5) is 4.79 Å². The van der Waals surface area contributed by atoms with Crippen LogP contribution >= 0.6 is 80.8 Å². The number of carbonyl (C=O) groups excluding carboxylic acids is 2. The third-order valence-electron chi connectivity index (χ3n) is 11.2. The van der Waals surface area contributed by atoms with E-state index < -0.39 is 36.4 Å². The smallest absolute Gasteiger partial charge is 0.328 e. The number of sulfone groups is 1. The van der Waals surface area contributed by atoms with Gasteiger partial charge in [-0.25, -0.2) is 26.0 Å². The fourth-order valence-corrected chi connectivity index (χ4v) is 12.8. The van der Waals surface area contributed by atoms with Crippen LogP contribution in [0.25, 0.3) is 33.1 Å². The Hall–Kier alpha value is -4.72. The van der Waals surface area contributed by atoms with Gasteiger partial charge in [0.05, 0.1) is 33.3 Å². The fraction of sp³-hybridized carbons (Fsp3) is 0.327. The maximum atomic E-state index is 12.6. The van der Waals surface area contributed by atoms with Crippen molar-refractivity contribution in [2.45, 2.75) is 104 Å². The molecule has 74 heavy (non-hydrogen) atoms. The highest BCUT2D eigenvalue weighted by molar-refractivity contribution is 8.14. The highest BCUT2D eigenvalue weighted by atomic mass is 35.7. The van der Waals surface area contributed by atoms with E-state index >= 15 is 0 Å². The summed E-state index contributed by atoms with van der Waals surface area (Å²) in [5, 5.41) is 8.65. The second-order valence-electron chi connectivity index (χ2n) is 17.1. The SMILES string of the molecule is CC#N.CC1(C)C(=O)N(Cl)C(=O)N1Cl.Clc1cc(SCc2ccccc2)c2nccnc2c1.NC1CCCC1.O=S(=O)(CC1CCCC1)c1cc(Cl)cc2nccnc12.O=S(=O)(Cl)c1cc(Cl)cc2nccnc12. The van der Waals surface area contributed by atoms with Crippen LogP contribution in [0, 0.1) is 17.2 Å². The first-order chi connectivity index (χ1) is 35.1. The molecule has 2 N–H and O–H groups in total. The first-order valence-corrected chi connectivity index (χ1v) is 29.4. The zero-order valence-electron chi connectivity index (χ0n) is 40.1. The lowest BCUT2D eigenvalue weighted by molar-refractivity contribution is -0.127. The summed E-state index contributed by atoms with van der Waals surface area (Å²) in [6.45, 7) is 4.46. The van der Waals surface area contributed by atoms with Crippen LogP contribution in [0.5, 0.6) is 0 Å². The molecule has 3 aromatic heterocycles. The molecule has 4 heterocycles. The van der Waals surface area contributed by atoms with Crippen molar-refractivity contribution < 1.29 is 26.4 Å². The van der Waals surface area contributed by atoms with Crippen molar-refractivity contribution in [3.63, 3.8) is 0 Å². The van der Waals surface area contributed by atoms with Crippen LogP contribution in [0.3, 0.4) is 0 Å². The molecule has 3 fully saturated rings. The number of fused-ring (bicyclic) bond motifs is 3. The molecule has 16 nitrogen and oxygen atoms in total. The average molecular weight is 1180 g/mol. The molecule has 10 rings (SSSR count). The van der Waals surface area contributed by atoms with Gasteiger partial charge in [0.15, 0.2) is 9.84 Å². The lowest BCUT2D eigenvalue weighted by Gasteiger charge is -2.18. The fourth-order valence-electron chi connectivity index (χ4n) is 7.56. The predicted molar refractivity (Wildman–Crippen MR) is 294 cm³/mol. The first-order valence-electron chi connectivity index (χ1n) is 22.7. The minimum Gasteiger partial charge on any atom is -0.328 e. The Morgan fingerprint density at radius 2 is 1.12 bits per heavy atom. The molecule has 7 aromatic rings. The molecule has 0 unspecified atom stereocenters. The summed E-state index contributed by atoms with van der Waals surface area (Å²) in [7, 11) is -1.99. The van der Waals surface area contributed by atoms with Crippen LogP contribution in [-0.2, 0) is 29.4 Å². The second-order valence-corrected chi connectivity index (χ2v) is 24.6. The predicted octanol–water partition coefficient (Wildman–Crippen LogP) is 12.8. The van der Waals surface area contributed by atoms with Crippen molar-refractivity contribution in [3.05, 3.63) is 125 Å². The molecule has 3 amide bonds. The van der Waals surface area contributed by atoms with Gasteiger partial charge in [-0.05, 0) is 87.4 Å². The minimum absolute atomic E-state index is 0.125. The van der Waals surface area contributed by atoms with Gasteiger partial charge in [-0.1, -0.05) is 90.8 Å². The highest BCUT2D eigenvalue weighted by Gasteiger charge is 2.51. The Morgan fingerprint density at radius 3 is 1.55 bits per heavy atom. The molecule has 1 aliphatic heterocycles. The van der Waals surface area contributed by atoms with Gasteiger partial charge >= 0.3 is 6.03 Å². The van der Waals surface area contributed by atoms with E-state index in [1.54, 1.807) is 36.3 Å². The van der Waals surface area contributed by atoms with Crippen LogP contribution in [0.1, 0.15) is 77.7 Å². The summed E-state index contributed by atoms with van der Waals surface area (Å²) in [5.41, 5.74) is 9.07. The number of amides is 3. The molecule has 0 bridgehead atoms. The number of hydrogen-bond donors (Lipinski definition) is 1. The molecule has 0 atom stereocenters. The van der Waals surface area contributed by atoms with Gasteiger partial charge in [0, 0.05) is 110 Å². The molecule has 2 saturated carbocycles. The van der Waals surface area contributed by atoms with Gasteiger partial charge in [0.25, 0.3) is 15.0 Å². The topological polar surface area (TPSA) is 236 Å². The molecule has 0 radical (unpaired) electrons. The van der Waals surface area contributed by atoms with E-state index in [1.807, 2.05) is 30.3 Å². The Bertz CT molecular complexity index is 3330. The number of hydrogen-bond acceptors (Lipinski definition) is 15. The Morgan fingerprint density at radius 1 is 0.689 bits per heavy atom. The van der Waals surface area contributed by atoms with E-state index in [2.05, 4.69) is 42.0 Å². The summed E-state index contributed by atoms with van der Waals surface area (Å²) < 4.78 is 49.0. The number of imide groups is 1. The van der Waals surface area contributed by atoms with Crippen molar-refractivity contribution in [1.82, 2.24) is 38.7 Å². The summed E-state index contributed by atoms with van der Waals surface area (Å²) in [4.78, 5) is 48.0. The number of nitriles is 1. The van der Waals surface area contributed by atoms with Crippen molar-refractivity contribution in [2.24, 2.45) is 11.7 Å². The molecule has 4 aromatic carbocycles. The summed E-state index contributed by atoms with van der Waals surface area (Å²) >= 11 is 30.4. The summed E-state index contributed by atoms with van der Waals surface area (Å²) in [6.07, 6.45) is 18.7. The maximum absolute atomic E-state index is 12.6. The molecule has 2 aliphatic carbocycles. The number of benzene rings is 4. The molecule has 392 valence electrons. The number of rotatable bonds is 7. The standard InChI is InChI=1S/C15H11ClN2S.C14H15ClN2O2S.C8H4Cl2N2O2S.C5H6Cl2N2O2.C5H11N.C2H3N/c16-12-8-13-15(18-7-6-17-13)14(9-12)19-10-11-4-2-1-3-5-11;15-11-7-12-14(17-6-5-16-12)13(8-11)20(18,19)9-10-3-1-2-4-10;9-5-3-6-8(12-2-1-11-6)7(4-5)15(10,13)14;1-5(2)3(10)8(6)4(11)9(5)7;6-5-3-1-2-4-5;1-2-3/h1-9H,10H2;5-8,10H,1-4,9H2;1-4H;1-2H3;5H,1-4,6H2;1H3. The van der Waals surface area contributed by atoms with Gasteiger partial charge < -0.3 is 5.73 Å². The quantitative estimate of drug-likeness (QED) is 0.0676. The van der Waals surface area contributed by atoms with E-state index in [9.17, 15) is 26.4 Å². The number of aromatic nitrogens is 6. The van der Waals surface area contributed by atoms with Gasteiger partial charge in [-0.15, -0.1) is 11.8 Å². The number of halogens is 6. The summed E-state index contributed by atoms with van der Waals surface area (Å²) in [6, 6.07) is 21.6. The Labute approximate surface area is 463 Å². The average Bonchev–Trinajstić information content (AvgIpc) is 4.11. The lowest BCUT2D eigenvalue weighted by Crippen LogP contribution is -2.38. The molecule has 0 spiro atoms. The van der Waals surface area contributed by atoms with Gasteiger partial charge in [0.2, 0.25) is 0 Å². The van der Waals surface area contributed by atoms with E-state index in [4.69, 9.17) is 80.0 Å². The highest BCUT2D eigenvalue weighted by Crippen LogP contribution is 2.34. The van der Waals surface area contributed by atoms with Crippen LogP contribution in [0.2, 0.25) is 15.1 Å². The number of thioether (sulfide) groups is 1. The molecular formula is C49H50Cl6N10O6S3. The van der Waals surface area contributed by atoms with E-state index in [-0.39, 0.29) is 32.0 Å². The van der Waals surface area contributed by atoms with Crippen molar-refractivity contribution in [3.8, 4) is 6.07 Å². The van der Waals surface area contributed by atoms with Crippen LogP contribution in [-0.4, -0.2) is 84.8 Å². The largest absolute Gasteiger partial charge is 0.357 e. The lowest BCUT2D eigenvalue weighted by atomic mass is 10.1. The van der Waals surface area contributed by atoms with Crippen LogP contribution < -0.4 is 5.73 Å². The van der Waals surface area contributed by atoms with Crippen LogP contribution in [0.15, 0.2) is 119 Å². The normalized spacial score (nSPS) is 15.4.